The van der Waals surface area contributed by atoms with E-state index in [4.69, 9.17) is 9.47 Å². The number of amides is 2. The Morgan fingerprint density at radius 2 is 1.83 bits per heavy atom. The Balaban J connectivity index is 1.58. The molecule has 1 atom stereocenters. The monoisotopic (exact) mass is 395 g/mol. The maximum absolute atomic E-state index is 12.3. The smallest absolute Gasteiger partial charge is 0.252 e. The number of nitrogens with one attached hydrogen (secondary N) is 3. The van der Waals surface area contributed by atoms with Gasteiger partial charge in [-0.25, -0.2) is 10.4 Å². The molecule has 9 nitrogen and oxygen atoms in total. The molecule has 0 aromatic heterocycles. The molecular weight excluding hydrogens is 374 g/mol. The van der Waals surface area contributed by atoms with E-state index in [9.17, 15) is 9.59 Å². The van der Waals surface area contributed by atoms with Crippen molar-refractivity contribution in [3.05, 3.63) is 54.1 Å². The van der Waals surface area contributed by atoms with Gasteiger partial charge in [-0.15, -0.1) is 0 Å². The fourth-order valence-electron chi connectivity index (χ4n) is 2.70. The number of benzene rings is 2. The van der Waals surface area contributed by atoms with Crippen LogP contribution in [0.1, 0.15) is 12.0 Å². The van der Waals surface area contributed by atoms with Crippen LogP contribution in [0, 0.1) is 0 Å². The third-order valence-electron chi connectivity index (χ3n) is 4.10. The van der Waals surface area contributed by atoms with Gasteiger partial charge in [0.05, 0.1) is 32.5 Å². The molecule has 150 valence electrons. The molecule has 2 aromatic rings. The van der Waals surface area contributed by atoms with Crippen LogP contribution in [0.5, 0.6) is 11.5 Å². The van der Waals surface area contributed by atoms with Crippen molar-refractivity contribution in [3.8, 4) is 11.5 Å². The second-order valence-electron chi connectivity index (χ2n) is 6.05. The summed E-state index contributed by atoms with van der Waals surface area (Å²) in [5.41, 5.74) is 3.96. The van der Waals surface area contributed by atoms with Crippen LogP contribution >= 0.6 is 0 Å². The lowest BCUT2D eigenvalue weighted by atomic mass is 10.2. The van der Waals surface area contributed by atoms with Gasteiger partial charge in [-0.3, -0.25) is 14.9 Å². The number of aliphatic imine (C=N–C) groups is 1. The largest absolute Gasteiger partial charge is 0.496 e. The summed E-state index contributed by atoms with van der Waals surface area (Å²) < 4.78 is 10.4. The minimum absolute atomic E-state index is 0.106. The number of rotatable bonds is 7. The molecule has 1 aliphatic heterocycles. The van der Waals surface area contributed by atoms with E-state index in [1.807, 2.05) is 24.3 Å². The highest BCUT2D eigenvalue weighted by Crippen LogP contribution is 2.23. The van der Waals surface area contributed by atoms with Crippen LogP contribution in [0.3, 0.4) is 0 Å². The average molecular weight is 395 g/mol. The standard InChI is InChI=1S/C20H21N5O4/c1-28-16-9-5-3-7-13(16)12-21-25-20-23-15(19(27)24-20)11-18(26)22-14-8-4-6-10-17(14)29-2/h3-10,12,15H,11H2,1-2H3,(H,22,26)(H2,23,24,25,27)/b21-12-/t15-/m0/s1. The predicted octanol–water partition coefficient (Wildman–Crippen LogP) is 1.51. The van der Waals surface area contributed by atoms with E-state index in [1.54, 1.807) is 37.6 Å². The number of hydrazone groups is 1. The van der Waals surface area contributed by atoms with Gasteiger partial charge in [0.1, 0.15) is 17.5 Å². The molecule has 0 fully saturated rings. The maximum atomic E-state index is 12.3. The van der Waals surface area contributed by atoms with Gasteiger partial charge in [0.2, 0.25) is 11.9 Å². The fraction of sp³-hybridized carbons (Fsp3) is 0.200. The highest BCUT2D eigenvalue weighted by atomic mass is 16.5. The second kappa shape index (κ2) is 9.36. The van der Waals surface area contributed by atoms with Crippen molar-refractivity contribution in [3.63, 3.8) is 0 Å². The second-order valence-corrected chi connectivity index (χ2v) is 6.05. The van der Waals surface area contributed by atoms with Gasteiger partial charge in [-0.2, -0.15) is 5.10 Å². The van der Waals surface area contributed by atoms with E-state index < -0.39 is 6.04 Å². The summed E-state index contributed by atoms with van der Waals surface area (Å²) >= 11 is 0. The Kier molecular flexibility index (Phi) is 6.41. The van der Waals surface area contributed by atoms with E-state index in [0.717, 1.165) is 5.56 Å². The number of carbonyl (C=O) groups is 2. The Labute approximate surface area is 167 Å². The highest BCUT2D eigenvalue weighted by molar-refractivity contribution is 6.07. The lowest BCUT2D eigenvalue weighted by Crippen LogP contribution is -2.35. The van der Waals surface area contributed by atoms with Crippen molar-refractivity contribution in [1.29, 1.82) is 0 Å². The topological polar surface area (TPSA) is 113 Å². The Bertz CT molecular complexity index is 957. The van der Waals surface area contributed by atoms with Crippen LogP contribution < -0.4 is 25.5 Å². The molecule has 29 heavy (non-hydrogen) atoms. The van der Waals surface area contributed by atoms with Gasteiger partial charge in [-0.1, -0.05) is 24.3 Å². The molecular formula is C20H21N5O4. The van der Waals surface area contributed by atoms with Crippen LogP contribution in [0.2, 0.25) is 0 Å². The number of methoxy groups -OCH3 is 2. The number of hydrogen-bond donors (Lipinski definition) is 3. The summed E-state index contributed by atoms with van der Waals surface area (Å²) in [6, 6.07) is 13.5. The molecule has 3 rings (SSSR count). The van der Waals surface area contributed by atoms with Crippen LogP contribution in [-0.4, -0.2) is 44.2 Å². The molecule has 0 unspecified atom stereocenters. The summed E-state index contributed by atoms with van der Waals surface area (Å²) in [4.78, 5) is 28.5. The molecule has 9 heteroatoms. The molecule has 0 saturated heterocycles. The summed E-state index contributed by atoms with van der Waals surface area (Å²) in [5.74, 6) is 0.651. The molecule has 2 amide bonds. The van der Waals surface area contributed by atoms with Gasteiger partial charge in [0.25, 0.3) is 5.91 Å². The van der Waals surface area contributed by atoms with Crippen molar-refractivity contribution in [2.45, 2.75) is 12.5 Å². The summed E-state index contributed by atoms with van der Waals surface area (Å²) in [6.07, 6.45) is 1.44. The van der Waals surface area contributed by atoms with Crippen molar-refractivity contribution in [2.24, 2.45) is 10.1 Å². The zero-order chi connectivity index (χ0) is 20.6. The normalized spacial score (nSPS) is 15.6. The molecule has 0 bridgehead atoms. The van der Waals surface area contributed by atoms with Gasteiger partial charge >= 0.3 is 0 Å². The van der Waals surface area contributed by atoms with Crippen LogP contribution in [-0.2, 0) is 9.59 Å². The number of carbonyl (C=O) groups excluding carboxylic acids is 2. The van der Waals surface area contributed by atoms with E-state index in [0.29, 0.717) is 17.2 Å². The quantitative estimate of drug-likeness (QED) is 0.486. The Morgan fingerprint density at radius 1 is 1.14 bits per heavy atom. The minimum atomic E-state index is -0.839. The number of anilines is 1. The molecule has 0 aliphatic carbocycles. The van der Waals surface area contributed by atoms with Gasteiger partial charge < -0.3 is 14.8 Å². The zero-order valence-corrected chi connectivity index (χ0v) is 16.0. The first-order valence-electron chi connectivity index (χ1n) is 8.84. The third kappa shape index (κ3) is 5.10. The highest BCUT2D eigenvalue weighted by Gasteiger charge is 2.28. The molecule has 1 aliphatic rings. The molecule has 0 spiro atoms. The van der Waals surface area contributed by atoms with Crippen molar-refractivity contribution >= 4 is 29.7 Å². The van der Waals surface area contributed by atoms with Crippen molar-refractivity contribution in [1.82, 2.24) is 10.7 Å². The van der Waals surface area contributed by atoms with Crippen LogP contribution in [0.4, 0.5) is 5.69 Å². The lowest BCUT2D eigenvalue weighted by Gasteiger charge is -2.10. The van der Waals surface area contributed by atoms with Gasteiger partial charge in [0, 0.05) is 5.56 Å². The molecule has 0 radical (unpaired) electrons. The Morgan fingerprint density at radius 3 is 2.59 bits per heavy atom. The van der Waals surface area contributed by atoms with E-state index in [2.05, 4.69) is 26.2 Å². The summed E-state index contributed by atoms with van der Waals surface area (Å²) in [7, 11) is 3.09. The summed E-state index contributed by atoms with van der Waals surface area (Å²) in [5, 5.41) is 9.34. The molecule has 3 N–H and O–H groups in total. The molecule has 0 saturated carbocycles. The SMILES string of the molecule is COc1ccccc1/C=N\NC1=N[C@@H](CC(=O)Nc2ccccc2OC)C(=O)N1. The minimum Gasteiger partial charge on any atom is -0.496 e. The predicted molar refractivity (Wildman–Crippen MR) is 109 cm³/mol. The van der Waals surface area contributed by atoms with Gasteiger partial charge in [0.15, 0.2) is 0 Å². The summed E-state index contributed by atoms with van der Waals surface area (Å²) in [6.45, 7) is 0. The number of para-hydroxylation sites is 3. The first kappa shape index (κ1) is 19.9. The van der Waals surface area contributed by atoms with Gasteiger partial charge in [-0.05, 0) is 24.3 Å². The zero-order valence-electron chi connectivity index (χ0n) is 16.0. The van der Waals surface area contributed by atoms with Crippen LogP contribution in [0.25, 0.3) is 0 Å². The first-order valence-corrected chi connectivity index (χ1v) is 8.84. The number of nitrogens with zero attached hydrogens (tertiary/aromatic N) is 2. The number of ether oxygens (including phenoxy) is 2. The van der Waals surface area contributed by atoms with Crippen molar-refractivity contribution < 1.29 is 19.1 Å². The van der Waals surface area contributed by atoms with E-state index in [1.165, 1.54) is 7.11 Å². The van der Waals surface area contributed by atoms with Crippen LogP contribution in [0.15, 0.2) is 58.6 Å². The average Bonchev–Trinajstić information content (AvgIpc) is 3.07. The lowest BCUT2D eigenvalue weighted by molar-refractivity contribution is -0.123. The molecule has 1 heterocycles. The third-order valence-corrected chi connectivity index (χ3v) is 4.10. The van der Waals surface area contributed by atoms with E-state index >= 15 is 0 Å². The first-order chi connectivity index (χ1) is 14.1. The Hall–Kier alpha value is -3.88. The van der Waals surface area contributed by atoms with Crippen molar-refractivity contribution in [2.75, 3.05) is 19.5 Å². The number of hydrogen-bond acceptors (Lipinski definition) is 7. The molecule has 2 aromatic carbocycles. The maximum Gasteiger partial charge on any atom is 0.252 e. The van der Waals surface area contributed by atoms with E-state index in [-0.39, 0.29) is 24.2 Å². The fourth-order valence-corrected chi connectivity index (χ4v) is 2.70. The number of guanidine groups is 1.